The number of allylic oxidation sites excluding steroid dienone is 1. The molecule has 1 amide bonds. The van der Waals surface area contributed by atoms with Gasteiger partial charge in [0.25, 0.3) is 5.91 Å². The van der Waals surface area contributed by atoms with Gasteiger partial charge in [0.2, 0.25) is 0 Å². The largest absolute Gasteiger partial charge is 0.271 e. The highest BCUT2D eigenvalue weighted by Gasteiger charge is 2.48. The number of nitrogens with zero attached hydrogens (tertiary/aromatic N) is 2. The predicted octanol–water partition coefficient (Wildman–Crippen LogP) is 6.19. The smallest absolute Gasteiger partial charge is 0.260 e. The van der Waals surface area contributed by atoms with Gasteiger partial charge in [-0.2, -0.15) is 10.1 Å². The second-order valence-corrected chi connectivity index (χ2v) is 8.04. The molecule has 0 fully saturated rings. The number of aryl methyl sites for hydroxylation is 1. The summed E-state index contributed by atoms with van der Waals surface area (Å²) < 4.78 is 13.2. The van der Waals surface area contributed by atoms with E-state index >= 15 is 0 Å². The van der Waals surface area contributed by atoms with Crippen LogP contribution in [0.5, 0.6) is 0 Å². The molecule has 4 heteroatoms. The lowest BCUT2D eigenvalue weighted by Crippen LogP contribution is -2.40. The topological polar surface area (TPSA) is 32.7 Å². The summed E-state index contributed by atoms with van der Waals surface area (Å²) in [6, 6.07) is 24.2. The lowest BCUT2D eigenvalue weighted by Gasteiger charge is -2.27. The van der Waals surface area contributed by atoms with Crippen LogP contribution in [0.25, 0.3) is 6.08 Å². The molecule has 0 aliphatic carbocycles. The van der Waals surface area contributed by atoms with Crippen LogP contribution in [-0.4, -0.2) is 11.6 Å². The lowest BCUT2D eigenvalue weighted by molar-refractivity contribution is -0.123. The molecule has 0 saturated carbocycles. The highest BCUT2D eigenvalue weighted by atomic mass is 19.1. The van der Waals surface area contributed by atoms with Gasteiger partial charge in [-0.05, 0) is 62.1 Å². The van der Waals surface area contributed by atoms with Gasteiger partial charge in [-0.15, -0.1) is 0 Å². The minimum absolute atomic E-state index is 0.0264. The maximum atomic E-state index is 13.7. The number of halogens is 1. The fourth-order valence-corrected chi connectivity index (χ4v) is 3.93. The Balaban J connectivity index is 1.66. The van der Waals surface area contributed by atoms with Crippen molar-refractivity contribution in [2.24, 2.45) is 10.5 Å². The second-order valence-electron chi connectivity index (χ2n) is 8.04. The average Bonchev–Trinajstić information content (AvgIpc) is 3.01. The molecule has 0 spiro atoms. The van der Waals surface area contributed by atoms with Gasteiger partial charge in [0, 0.05) is 0 Å². The minimum Gasteiger partial charge on any atom is -0.271 e. The molecule has 1 atom stereocenters. The molecule has 31 heavy (non-hydrogen) atoms. The van der Waals surface area contributed by atoms with Gasteiger partial charge in [0.05, 0.1) is 16.8 Å². The van der Waals surface area contributed by atoms with Crippen molar-refractivity contribution in [2.75, 3.05) is 5.01 Å². The van der Waals surface area contributed by atoms with Crippen LogP contribution in [-0.2, 0) is 11.2 Å². The molecule has 3 nitrogen and oxygen atoms in total. The van der Waals surface area contributed by atoms with Gasteiger partial charge in [0.15, 0.2) is 0 Å². The maximum Gasteiger partial charge on any atom is 0.260 e. The fourth-order valence-electron chi connectivity index (χ4n) is 3.93. The molecule has 0 aromatic heterocycles. The Hall–Kier alpha value is -3.53. The maximum absolute atomic E-state index is 13.7. The van der Waals surface area contributed by atoms with E-state index < -0.39 is 5.41 Å². The lowest BCUT2D eigenvalue weighted by atomic mass is 9.74. The Morgan fingerprint density at radius 2 is 1.61 bits per heavy atom. The molecule has 0 radical (unpaired) electrons. The number of carbonyl (C=O) groups is 1. The molecule has 4 rings (SSSR count). The zero-order valence-electron chi connectivity index (χ0n) is 17.8. The molecule has 0 N–H and O–H groups in total. The van der Waals surface area contributed by atoms with E-state index in [-0.39, 0.29) is 11.7 Å². The van der Waals surface area contributed by atoms with Crippen molar-refractivity contribution in [1.82, 2.24) is 0 Å². The predicted molar refractivity (Wildman–Crippen MR) is 124 cm³/mol. The van der Waals surface area contributed by atoms with E-state index in [4.69, 9.17) is 0 Å². The molecule has 0 bridgehead atoms. The van der Waals surface area contributed by atoms with Gasteiger partial charge >= 0.3 is 0 Å². The van der Waals surface area contributed by atoms with Gasteiger partial charge < -0.3 is 0 Å². The fraction of sp³-hybridized carbons (Fsp3) is 0.185. The van der Waals surface area contributed by atoms with Crippen molar-refractivity contribution < 1.29 is 9.18 Å². The number of hydrogen-bond donors (Lipinski definition) is 0. The third kappa shape index (κ3) is 4.33. The van der Waals surface area contributed by atoms with Gasteiger partial charge in [-0.3, -0.25) is 4.79 Å². The van der Waals surface area contributed by atoms with E-state index in [9.17, 15) is 9.18 Å². The summed E-state index contributed by atoms with van der Waals surface area (Å²) in [5.74, 6) is -0.290. The van der Waals surface area contributed by atoms with Crippen LogP contribution in [0.15, 0.2) is 90.0 Å². The Bertz CT molecular complexity index is 1120. The van der Waals surface area contributed by atoms with E-state index in [1.807, 2.05) is 80.6 Å². The molecule has 0 unspecified atom stereocenters. The summed E-state index contributed by atoms with van der Waals surface area (Å²) >= 11 is 0. The Morgan fingerprint density at radius 3 is 2.29 bits per heavy atom. The number of amides is 1. The molecule has 1 heterocycles. The summed E-state index contributed by atoms with van der Waals surface area (Å²) in [4.78, 5) is 13.7. The van der Waals surface area contributed by atoms with Crippen LogP contribution < -0.4 is 5.01 Å². The van der Waals surface area contributed by atoms with Gasteiger partial charge in [-0.1, -0.05) is 72.3 Å². The SMILES string of the molecule is CC1=NN(c2ccc(C)cc2)C(=O)[C@]1(C/C=C/c1ccc(F)cc1)Cc1ccccc1. The van der Waals surface area contributed by atoms with E-state index in [2.05, 4.69) is 5.10 Å². The first-order chi connectivity index (χ1) is 15.0. The number of anilines is 1. The average molecular weight is 413 g/mol. The number of hydrazone groups is 1. The molecule has 156 valence electrons. The van der Waals surface area contributed by atoms with E-state index in [0.717, 1.165) is 28.1 Å². The van der Waals surface area contributed by atoms with Crippen LogP contribution >= 0.6 is 0 Å². The quantitative estimate of drug-likeness (QED) is 0.475. The van der Waals surface area contributed by atoms with Gasteiger partial charge in [0.1, 0.15) is 5.82 Å². The summed E-state index contributed by atoms with van der Waals surface area (Å²) in [6.07, 6.45) is 5.00. The number of hydrogen-bond acceptors (Lipinski definition) is 2. The van der Waals surface area contributed by atoms with Crippen molar-refractivity contribution in [2.45, 2.75) is 26.7 Å². The van der Waals surface area contributed by atoms with Crippen molar-refractivity contribution >= 4 is 23.4 Å². The second kappa shape index (κ2) is 8.68. The highest BCUT2D eigenvalue weighted by molar-refractivity contribution is 6.18. The zero-order chi connectivity index (χ0) is 21.8. The third-order valence-electron chi connectivity index (χ3n) is 5.82. The van der Waals surface area contributed by atoms with E-state index in [0.29, 0.717) is 12.8 Å². The van der Waals surface area contributed by atoms with Crippen LogP contribution in [0.2, 0.25) is 0 Å². The standard InChI is InChI=1S/C27H25FN2O/c1-20-10-16-25(17-11-20)30-26(31)27(21(2)29-30,19-23-7-4-3-5-8-23)18-6-9-22-12-14-24(28)15-13-22/h3-17H,18-19H2,1-2H3/b9-6+/t27-/m1/s1. The first-order valence-electron chi connectivity index (χ1n) is 10.4. The normalized spacial score (nSPS) is 18.6. The van der Waals surface area contributed by atoms with Crippen molar-refractivity contribution in [3.05, 3.63) is 107 Å². The monoisotopic (exact) mass is 412 g/mol. The molecule has 3 aromatic rings. The molecule has 0 saturated heterocycles. The molecule has 1 aliphatic rings. The highest BCUT2D eigenvalue weighted by Crippen LogP contribution is 2.39. The van der Waals surface area contributed by atoms with Crippen LogP contribution in [0.3, 0.4) is 0 Å². The van der Waals surface area contributed by atoms with Crippen LogP contribution in [0, 0.1) is 18.2 Å². The summed E-state index contributed by atoms with van der Waals surface area (Å²) in [5.41, 5.74) is 3.92. The first kappa shape index (κ1) is 20.7. The number of carbonyl (C=O) groups excluding carboxylic acids is 1. The van der Waals surface area contributed by atoms with E-state index in [1.54, 1.807) is 12.1 Å². The van der Waals surface area contributed by atoms with Crippen LogP contribution in [0.1, 0.15) is 30.0 Å². The summed E-state index contributed by atoms with van der Waals surface area (Å²) in [5, 5.41) is 6.20. The van der Waals surface area contributed by atoms with Crippen molar-refractivity contribution in [1.29, 1.82) is 0 Å². The number of rotatable bonds is 6. The Morgan fingerprint density at radius 1 is 0.935 bits per heavy atom. The minimum atomic E-state index is -0.761. The molecular formula is C27H25FN2O. The van der Waals surface area contributed by atoms with Crippen molar-refractivity contribution in [3.63, 3.8) is 0 Å². The van der Waals surface area contributed by atoms with E-state index in [1.165, 1.54) is 17.1 Å². The molecule has 1 aliphatic heterocycles. The van der Waals surface area contributed by atoms with Crippen LogP contribution in [0.4, 0.5) is 10.1 Å². The summed E-state index contributed by atoms with van der Waals surface area (Å²) in [6.45, 7) is 3.95. The summed E-state index contributed by atoms with van der Waals surface area (Å²) in [7, 11) is 0. The Kier molecular flexibility index (Phi) is 5.81. The van der Waals surface area contributed by atoms with Crippen molar-refractivity contribution in [3.8, 4) is 0 Å². The molecule has 3 aromatic carbocycles. The molecular weight excluding hydrogens is 387 g/mol. The Labute approximate surface area is 182 Å². The van der Waals surface area contributed by atoms with Gasteiger partial charge in [-0.25, -0.2) is 4.39 Å². The third-order valence-corrected chi connectivity index (χ3v) is 5.82. The zero-order valence-corrected chi connectivity index (χ0v) is 17.8. The first-order valence-corrected chi connectivity index (χ1v) is 10.4. The number of benzene rings is 3.